The van der Waals surface area contributed by atoms with Crippen molar-refractivity contribution in [3.05, 3.63) is 206 Å². The normalized spacial score (nSPS) is 13.1. The fraction of sp³-hybridized carbons (Fsp3) is 0. The number of aromatic nitrogens is 4. The van der Waals surface area contributed by atoms with Gasteiger partial charge in [0.2, 0.25) is 0 Å². The third-order valence-corrected chi connectivity index (χ3v) is 16.8. The van der Waals surface area contributed by atoms with Crippen LogP contribution in [0.25, 0.3) is 77.8 Å². The molecule has 0 amide bonds. The molecule has 0 unspecified atom stereocenters. The maximum absolute atomic E-state index is 5.76. The summed E-state index contributed by atoms with van der Waals surface area (Å²) >= 11 is 0. The summed E-state index contributed by atoms with van der Waals surface area (Å²) in [6.45, 7) is 0. The largest absolute Gasteiger partial charge is 0.309 e. The van der Waals surface area contributed by atoms with Crippen LogP contribution in [0.1, 0.15) is 0 Å². The third-order valence-electron chi connectivity index (χ3n) is 12.0. The summed E-state index contributed by atoms with van der Waals surface area (Å²) in [4.78, 5) is 11.3. The third kappa shape index (κ3) is 4.49. The minimum absolute atomic E-state index is 0.720. The Morgan fingerprint density at radius 2 is 0.877 bits per heavy atom. The van der Waals surface area contributed by atoms with E-state index in [1.807, 2.05) is 0 Å². The predicted octanol–water partition coefficient (Wildman–Crippen LogP) is 9.70. The second-order valence-electron chi connectivity index (χ2n) is 14.9. The monoisotopic (exact) mass is 742 g/mol. The van der Waals surface area contributed by atoms with E-state index < -0.39 is 8.07 Å². The van der Waals surface area contributed by atoms with Crippen LogP contribution in [-0.4, -0.2) is 27.2 Å². The Kier molecular flexibility index (Phi) is 6.91. The highest BCUT2D eigenvalue weighted by molar-refractivity contribution is 7.22. The lowest BCUT2D eigenvalue weighted by Crippen LogP contribution is -2.73. The van der Waals surface area contributed by atoms with Crippen molar-refractivity contribution in [1.82, 2.24) is 19.1 Å². The van der Waals surface area contributed by atoms with Gasteiger partial charge in [-0.1, -0.05) is 170 Å². The highest BCUT2D eigenvalue weighted by Crippen LogP contribution is 2.41. The molecule has 3 aromatic heterocycles. The van der Waals surface area contributed by atoms with Crippen LogP contribution in [0.3, 0.4) is 0 Å². The Labute approximate surface area is 330 Å². The molecule has 4 heterocycles. The van der Waals surface area contributed by atoms with Crippen molar-refractivity contribution < 1.29 is 0 Å². The molecule has 0 atom stereocenters. The fourth-order valence-electron chi connectivity index (χ4n) is 9.68. The molecule has 0 spiro atoms. The van der Waals surface area contributed by atoms with E-state index in [0.717, 1.165) is 39.6 Å². The zero-order chi connectivity index (χ0) is 37.5. The molecule has 0 aliphatic carbocycles. The lowest BCUT2D eigenvalue weighted by atomic mass is 10.1. The molecule has 57 heavy (non-hydrogen) atoms. The molecule has 1 aliphatic rings. The zero-order valence-corrected chi connectivity index (χ0v) is 31.9. The number of benzene rings is 8. The number of nitrogens with zero attached hydrogens (tertiary/aromatic N) is 4. The summed E-state index contributed by atoms with van der Waals surface area (Å²) in [7, 11) is -3.01. The van der Waals surface area contributed by atoms with Gasteiger partial charge in [0.05, 0.1) is 27.8 Å². The van der Waals surface area contributed by atoms with E-state index in [-0.39, 0.29) is 0 Å². The van der Waals surface area contributed by atoms with Crippen molar-refractivity contribution in [2.45, 2.75) is 0 Å². The molecule has 5 heteroatoms. The van der Waals surface area contributed by atoms with E-state index in [2.05, 4.69) is 215 Å². The first kappa shape index (κ1) is 32.0. The molecular weight excluding hydrogens is 709 g/mol. The molecule has 0 saturated carbocycles. The first-order chi connectivity index (χ1) is 28.3. The van der Waals surface area contributed by atoms with Crippen LogP contribution in [0.5, 0.6) is 0 Å². The van der Waals surface area contributed by atoms with E-state index in [1.165, 1.54) is 58.9 Å². The van der Waals surface area contributed by atoms with Crippen LogP contribution in [-0.2, 0) is 0 Å². The Morgan fingerprint density at radius 3 is 1.51 bits per heavy atom. The van der Waals surface area contributed by atoms with Crippen molar-refractivity contribution in [2.24, 2.45) is 0 Å². The van der Waals surface area contributed by atoms with E-state index >= 15 is 0 Å². The molecular formula is C52H34N4Si. The van der Waals surface area contributed by atoms with E-state index in [9.17, 15) is 0 Å². The number of para-hydroxylation sites is 3. The summed E-state index contributed by atoms with van der Waals surface area (Å²) in [6.07, 6.45) is 0. The number of hydrogen-bond acceptors (Lipinski definition) is 2. The van der Waals surface area contributed by atoms with Gasteiger partial charge in [-0.2, -0.15) is 0 Å². The molecule has 0 saturated heterocycles. The maximum Gasteiger partial charge on any atom is 0.187 e. The average molecular weight is 743 g/mol. The number of fused-ring (bicyclic) bond motifs is 9. The molecule has 4 nitrogen and oxygen atoms in total. The van der Waals surface area contributed by atoms with E-state index in [4.69, 9.17) is 9.97 Å². The Balaban J connectivity index is 1.29. The zero-order valence-electron chi connectivity index (χ0n) is 30.9. The standard InChI is InChI=1S/C52H34N4Si/c1-5-19-35(20-6-1)51-53-49-41-29-15-18-32-48(41)57(37-23-9-3-10-24-37,38-25-11-4-12-26-38)50(49)52(54-51)56-45-31-17-14-28-40(45)43-33-46-42(34-47(43)56)39-27-13-16-30-44(39)55(46)36-21-7-2-8-22-36/h1-34H. The molecule has 266 valence electrons. The number of hydrogen-bond donors (Lipinski definition) is 0. The summed E-state index contributed by atoms with van der Waals surface area (Å²) in [5.41, 5.74) is 8.95. The van der Waals surface area contributed by atoms with Gasteiger partial charge in [0.1, 0.15) is 5.82 Å². The van der Waals surface area contributed by atoms with Gasteiger partial charge in [0.15, 0.2) is 13.9 Å². The Morgan fingerprint density at radius 1 is 0.386 bits per heavy atom. The van der Waals surface area contributed by atoms with Crippen LogP contribution in [0.2, 0.25) is 0 Å². The maximum atomic E-state index is 5.76. The molecule has 11 aromatic rings. The van der Waals surface area contributed by atoms with Gasteiger partial charge in [0, 0.05) is 43.5 Å². The first-order valence-corrected chi connectivity index (χ1v) is 21.5. The summed E-state index contributed by atoms with van der Waals surface area (Å²) in [6, 6.07) is 74.9. The van der Waals surface area contributed by atoms with Gasteiger partial charge in [-0.25, -0.2) is 9.97 Å². The molecule has 0 radical (unpaired) electrons. The van der Waals surface area contributed by atoms with Crippen molar-refractivity contribution in [3.63, 3.8) is 0 Å². The van der Waals surface area contributed by atoms with Crippen molar-refractivity contribution in [2.75, 3.05) is 0 Å². The van der Waals surface area contributed by atoms with Crippen LogP contribution < -0.4 is 20.7 Å². The molecule has 0 N–H and O–H groups in total. The van der Waals surface area contributed by atoms with Crippen molar-refractivity contribution in [1.29, 1.82) is 0 Å². The van der Waals surface area contributed by atoms with Crippen LogP contribution in [0.15, 0.2) is 206 Å². The lowest BCUT2D eigenvalue weighted by Gasteiger charge is -2.32. The topological polar surface area (TPSA) is 35.6 Å². The van der Waals surface area contributed by atoms with Crippen molar-refractivity contribution in [3.8, 4) is 34.2 Å². The lowest BCUT2D eigenvalue weighted by molar-refractivity contribution is 1.06. The predicted molar refractivity (Wildman–Crippen MR) is 239 cm³/mol. The van der Waals surface area contributed by atoms with Gasteiger partial charge >= 0.3 is 0 Å². The quantitative estimate of drug-likeness (QED) is 0.165. The van der Waals surface area contributed by atoms with E-state index in [1.54, 1.807) is 0 Å². The van der Waals surface area contributed by atoms with Gasteiger partial charge in [-0.3, -0.25) is 4.57 Å². The average Bonchev–Trinajstić information content (AvgIpc) is 3.90. The molecule has 0 fully saturated rings. The molecule has 8 aromatic carbocycles. The Bertz CT molecular complexity index is 3290. The minimum Gasteiger partial charge on any atom is -0.309 e. The van der Waals surface area contributed by atoms with Crippen molar-refractivity contribution >= 4 is 72.4 Å². The fourth-order valence-corrected chi connectivity index (χ4v) is 14.9. The van der Waals surface area contributed by atoms with Crippen LogP contribution in [0, 0.1) is 0 Å². The summed E-state index contributed by atoms with van der Waals surface area (Å²) in [5.74, 6) is 1.66. The van der Waals surface area contributed by atoms with Gasteiger partial charge in [-0.15, -0.1) is 0 Å². The van der Waals surface area contributed by atoms with E-state index in [0.29, 0.717) is 0 Å². The smallest absolute Gasteiger partial charge is 0.187 e. The van der Waals surface area contributed by atoms with Gasteiger partial charge in [-0.05, 0) is 52.0 Å². The van der Waals surface area contributed by atoms with Crippen LogP contribution >= 0.6 is 0 Å². The second-order valence-corrected chi connectivity index (χ2v) is 18.6. The highest BCUT2D eigenvalue weighted by Gasteiger charge is 2.52. The van der Waals surface area contributed by atoms with Gasteiger partial charge in [0.25, 0.3) is 0 Å². The minimum atomic E-state index is -3.01. The summed E-state index contributed by atoms with van der Waals surface area (Å²) < 4.78 is 4.87. The molecule has 12 rings (SSSR count). The molecule has 0 bridgehead atoms. The molecule has 1 aliphatic heterocycles. The van der Waals surface area contributed by atoms with Gasteiger partial charge < -0.3 is 4.57 Å². The second kappa shape index (κ2) is 12.3. The first-order valence-electron chi connectivity index (χ1n) is 19.5. The highest BCUT2D eigenvalue weighted by atomic mass is 28.3. The Hall–Kier alpha value is -7.34. The number of rotatable bonds is 5. The van der Waals surface area contributed by atoms with Crippen LogP contribution in [0.4, 0.5) is 0 Å². The SMILES string of the molecule is c1ccc(-c2nc3c(c(-n4c5ccccc5c5cc6c(cc54)c4ccccc4n6-c4ccccc4)n2)[Si](c2ccccc2)(c2ccccc2)c2ccccc2-3)cc1. The summed E-state index contributed by atoms with van der Waals surface area (Å²) in [5, 5.41) is 9.99.